The molecule has 1 aliphatic carbocycles. The Morgan fingerprint density at radius 2 is 1.80 bits per heavy atom. The highest BCUT2D eigenvalue weighted by Crippen LogP contribution is 2.29. The van der Waals surface area contributed by atoms with Crippen LogP contribution in [-0.2, 0) is 4.74 Å². The van der Waals surface area contributed by atoms with E-state index in [9.17, 15) is 4.79 Å². The van der Waals surface area contributed by atoms with Crippen molar-refractivity contribution in [2.24, 2.45) is 5.92 Å². The molecule has 1 unspecified atom stereocenters. The van der Waals surface area contributed by atoms with Gasteiger partial charge in [0.15, 0.2) is 0 Å². The van der Waals surface area contributed by atoms with E-state index in [1.807, 2.05) is 25.7 Å². The summed E-state index contributed by atoms with van der Waals surface area (Å²) < 4.78 is 5.59. The van der Waals surface area contributed by atoms with Gasteiger partial charge in [0.25, 0.3) is 0 Å². The molecular weight excluding hydrogens is 252 g/mol. The van der Waals surface area contributed by atoms with Crippen LogP contribution in [0.25, 0.3) is 0 Å². The van der Waals surface area contributed by atoms with Gasteiger partial charge in [0.05, 0.1) is 6.04 Å². The smallest absolute Gasteiger partial charge is 0.410 e. The van der Waals surface area contributed by atoms with E-state index in [0.29, 0.717) is 12.0 Å². The average molecular weight is 282 g/mol. The normalized spacial score (nSPS) is 26.1. The number of hydrogen-bond donors (Lipinski definition) is 1. The van der Waals surface area contributed by atoms with Crippen LogP contribution in [0.5, 0.6) is 0 Å². The second kappa shape index (κ2) is 6.79. The molecule has 1 saturated carbocycles. The maximum Gasteiger partial charge on any atom is 0.410 e. The summed E-state index contributed by atoms with van der Waals surface area (Å²) in [5.41, 5.74) is -0.407. The van der Waals surface area contributed by atoms with Crippen LogP contribution < -0.4 is 5.32 Å². The van der Waals surface area contributed by atoms with Crippen molar-refractivity contribution in [3.05, 3.63) is 0 Å². The first-order chi connectivity index (χ1) is 9.47. The Morgan fingerprint density at radius 1 is 1.15 bits per heavy atom. The lowest BCUT2D eigenvalue weighted by Crippen LogP contribution is -2.57. The number of carbonyl (C=O) groups is 1. The molecule has 0 bridgehead atoms. The Bertz CT molecular complexity index is 317. The van der Waals surface area contributed by atoms with Crippen LogP contribution in [0.3, 0.4) is 0 Å². The molecular formula is C16H30N2O2. The molecule has 1 aliphatic heterocycles. The van der Waals surface area contributed by atoms with Crippen LogP contribution in [0.15, 0.2) is 0 Å². The molecule has 20 heavy (non-hydrogen) atoms. The number of piperazine rings is 1. The third-order valence-corrected chi connectivity index (χ3v) is 4.36. The van der Waals surface area contributed by atoms with Crippen LogP contribution in [0.4, 0.5) is 4.79 Å². The van der Waals surface area contributed by atoms with Gasteiger partial charge >= 0.3 is 6.09 Å². The standard InChI is InChI=1S/C16H30N2O2/c1-16(2,3)20-15(19)18-11-10-17-12-14(18)13-8-6-4-5-7-9-13/h13-14,17H,4-12H2,1-3H3. The highest BCUT2D eigenvalue weighted by Gasteiger charge is 2.35. The van der Waals surface area contributed by atoms with Gasteiger partial charge in [0, 0.05) is 19.6 Å². The molecule has 1 atom stereocenters. The number of nitrogens with zero attached hydrogens (tertiary/aromatic N) is 1. The molecule has 2 rings (SSSR count). The van der Waals surface area contributed by atoms with E-state index >= 15 is 0 Å². The number of hydrogen-bond acceptors (Lipinski definition) is 3. The zero-order valence-electron chi connectivity index (χ0n) is 13.3. The SMILES string of the molecule is CC(C)(C)OC(=O)N1CCNCC1C1CCCCCC1. The van der Waals surface area contributed by atoms with Crippen LogP contribution in [0.1, 0.15) is 59.3 Å². The van der Waals surface area contributed by atoms with Crippen LogP contribution >= 0.6 is 0 Å². The van der Waals surface area contributed by atoms with E-state index in [1.54, 1.807) is 0 Å². The summed E-state index contributed by atoms with van der Waals surface area (Å²) in [6.45, 7) is 8.39. The lowest BCUT2D eigenvalue weighted by Gasteiger charge is -2.41. The first kappa shape index (κ1) is 15.6. The van der Waals surface area contributed by atoms with E-state index < -0.39 is 5.60 Å². The lowest BCUT2D eigenvalue weighted by atomic mass is 9.90. The highest BCUT2D eigenvalue weighted by atomic mass is 16.6. The lowest BCUT2D eigenvalue weighted by molar-refractivity contribution is 0.00323. The zero-order chi connectivity index (χ0) is 14.6. The minimum atomic E-state index is -0.407. The van der Waals surface area contributed by atoms with Gasteiger partial charge in [-0.05, 0) is 39.5 Å². The molecule has 4 nitrogen and oxygen atoms in total. The van der Waals surface area contributed by atoms with Gasteiger partial charge in [-0.2, -0.15) is 0 Å². The molecule has 1 saturated heterocycles. The summed E-state index contributed by atoms with van der Waals surface area (Å²) in [5.74, 6) is 0.637. The molecule has 2 fully saturated rings. The summed E-state index contributed by atoms with van der Waals surface area (Å²) in [6, 6.07) is 0.316. The fourth-order valence-corrected chi connectivity index (χ4v) is 3.39. The van der Waals surface area contributed by atoms with Gasteiger partial charge in [0.1, 0.15) is 5.60 Å². The number of ether oxygens (including phenoxy) is 1. The predicted octanol–water partition coefficient (Wildman–Crippen LogP) is 3.17. The van der Waals surface area contributed by atoms with Crippen LogP contribution in [0.2, 0.25) is 0 Å². The third kappa shape index (κ3) is 4.37. The number of carbonyl (C=O) groups excluding carboxylic acids is 1. The Morgan fingerprint density at radius 3 is 2.40 bits per heavy atom. The van der Waals surface area contributed by atoms with Gasteiger partial charge in [0.2, 0.25) is 0 Å². The van der Waals surface area contributed by atoms with Crippen molar-refractivity contribution < 1.29 is 9.53 Å². The minimum absolute atomic E-state index is 0.131. The topological polar surface area (TPSA) is 41.6 Å². The fourth-order valence-electron chi connectivity index (χ4n) is 3.39. The van der Waals surface area contributed by atoms with Crippen molar-refractivity contribution in [1.29, 1.82) is 0 Å². The Balaban J connectivity index is 2.02. The van der Waals surface area contributed by atoms with E-state index in [1.165, 1.54) is 38.5 Å². The van der Waals surface area contributed by atoms with Crippen molar-refractivity contribution in [2.75, 3.05) is 19.6 Å². The van der Waals surface area contributed by atoms with E-state index in [-0.39, 0.29) is 6.09 Å². The van der Waals surface area contributed by atoms with Gasteiger partial charge in [-0.1, -0.05) is 25.7 Å². The number of amides is 1. The van der Waals surface area contributed by atoms with E-state index in [2.05, 4.69) is 5.32 Å². The molecule has 4 heteroatoms. The molecule has 1 heterocycles. The number of rotatable bonds is 1. The van der Waals surface area contributed by atoms with Crippen molar-refractivity contribution in [1.82, 2.24) is 10.2 Å². The summed E-state index contributed by atoms with van der Waals surface area (Å²) >= 11 is 0. The zero-order valence-corrected chi connectivity index (χ0v) is 13.3. The minimum Gasteiger partial charge on any atom is -0.444 e. The second-order valence-electron chi connectivity index (χ2n) is 7.20. The molecule has 2 aliphatic rings. The molecule has 0 aromatic heterocycles. The molecule has 1 amide bonds. The first-order valence-electron chi connectivity index (χ1n) is 8.18. The van der Waals surface area contributed by atoms with E-state index in [4.69, 9.17) is 4.74 Å². The largest absolute Gasteiger partial charge is 0.444 e. The fraction of sp³-hybridized carbons (Fsp3) is 0.938. The quantitative estimate of drug-likeness (QED) is 0.751. The Kier molecular flexibility index (Phi) is 5.30. The monoisotopic (exact) mass is 282 g/mol. The average Bonchev–Trinajstić information content (AvgIpc) is 2.65. The maximum atomic E-state index is 12.4. The third-order valence-electron chi connectivity index (χ3n) is 4.36. The molecule has 116 valence electrons. The summed E-state index contributed by atoms with van der Waals surface area (Å²) in [5, 5.41) is 3.45. The van der Waals surface area contributed by atoms with E-state index in [0.717, 1.165) is 19.6 Å². The van der Waals surface area contributed by atoms with Crippen molar-refractivity contribution in [2.45, 2.75) is 70.9 Å². The maximum absolute atomic E-state index is 12.4. The molecule has 0 radical (unpaired) electrons. The summed E-state index contributed by atoms with van der Waals surface area (Å²) in [6.07, 6.45) is 7.70. The van der Waals surface area contributed by atoms with Gasteiger partial charge in [-0.15, -0.1) is 0 Å². The number of nitrogens with one attached hydrogen (secondary N) is 1. The molecule has 1 N–H and O–H groups in total. The Hall–Kier alpha value is -0.770. The van der Waals surface area contributed by atoms with Crippen molar-refractivity contribution >= 4 is 6.09 Å². The first-order valence-corrected chi connectivity index (χ1v) is 8.18. The highest BCUT2D eigenvalue weighted by molar-refractivity contribution is 5.68. The van der Waals surface area contributed by atoms with Gasteiger partial charge < -0.3 is 15.0 Å². The van der Waals surface area contributed by atoms with Crippen molar-refractivity contribution in [3.63, 3.8) is 0 Å². The summed E-state index contributed by atoms with van der Waals surface area (Å²) in [7, 11) is 0. The summed E-state index contributed by atoms with van der Waals surface area (Å²) in [4.78, 5) is 14.4. The molecule has 0 aromatic rings. The van der Waals surface area contributed by atoms with Crippen LogP contribution in [-0.4, -0.2) is 42.3 Å². The van der Waals surface area contributed by atoms with Crippen LogP contribution in [0, 0.1) is 5.92 Å². The second-order valence-corrected chi connectivity index (χ2v) is 7.20. The molecule has 0 aromatic carbocycles. The van der Waals surface area contributed by atoms with Crippen molar-refractivity contribution in [3.8, 4) is 0 Å². The van der Waals surface area contributed by atoms with Gasteiger partial charge in [-0.25, -0.2) is 4.79 Å². The van der Waals surface area contributed by atoms with Gasteiger partial charge in [-0.3, -0.25) is 0 Å². The predicted molar refractivity (Wildman–Crippen MR) is 80.8 cm³/mol. The Labute approximate surface area is 123 Å². The molecule has 0 spiro atoms.